The van der Waals surface area contributed by atoms with Crippen molar-refractivity contribution in [2.45, 2.75) is 33.7 Å². The minimum absolute atomic E-state index is 0.180. The lowest BCUT2D eigenvalue weighted by atomic mass is 9.98. The van der Waals surface area contributed by atoms with Gasteiger partial charge in [-0.15, -0.1) is 0 Å². The average Bonchev–Trinajstić information content (AvgIpc) is 2.67. The van der Waals surface area contributed by atoms with E-state index < -0.39 is 0 Å². The van der Waals surface area contributed by atoms with Gasteiger partial charge in [0.1, 0.15) is 6.54 Å². The Labute approximate surface area is 130 Å². The first kappa shape index (κ1) is 14.5. The summed E-state index contributed by atoms with van der Waals surface area (Å²) in [5, 5.41) is 0. The van der Waals surface area contributed by atoms with Crippen LogP contribution in [0.3, 0.4) is 0 Å². The van der Waals surface area contributed by atoms with Crippen molar-refractivity contribution < 1.29 is 4.57 Å². The summed E-state index contributed by atoms with van der Waals surface area (Å²) in [6.45, 7) is 7.29. The van der Waals surface area contributed by atoms with Gasteiger partial charge < -0.3 is 0 Å². The minimum Gasteiger partial charge on any atom is -0.237 e. The van der Waals surface area contributed by atoms with Crippen LogP contribution in [0.15, 0.2) is 40.7 Å². The first-order chi connectivity index (χ1) is 10.6. The Morgan fingerprint density at radius 2 is 1.73 bits per heavy atom. The van der Waals surface area contributed by atoms with Gasteiger partial charge in [-0.25, -0.2) is 24.5 Å². The van der Waals surface area contributed by atoms with E-state index in [0.717, 1.165) is 24.2 Å². The fraction of sp³-hybridized carbons (Fsp3) is 0.353. The van der Waals surface area contributed by atoms with Crippen LogP contribution in [0.5, 0.6) is 0 Å². The number of nitrogens with zero attached hydrogens (tertiary/aromatic N) is 5. The van der Waals surface area contributed by atoms with Gasteiger partial charge in [0.25, 0.3) is 0 Å². The molecule has 0 N–H and O–H groups in total. The summed E-state index contributed by atoms with van der Waals surface area (Å²) >= 11 is 0. The fourth-order valence-electron chi connectivity index (χ4n) is 2.21. The number of fused-ring (bicyclic) bond motifs is 1. The molecule has 0 aliphatic carbocycles. The molecule has 0 saturated heterocycles. The maximum atomic E-state index is 4.60. The van der Waals surface area contributed by atoms with Crippen molar-refractivity contribution in [3.63, 3.8) is 0 Å². The largest absolute Gasteiger partial charge is 0.237 e. The average molecular weight is 294 g/mol. The Morgan fingerprint density at radius 1 is 1.05 bits per heavy atom. The van der Waals surface area contributed by atoms with Crippen LogP contribution in [0, 0.1) is 5.41 Å². The molecule has 2 aromatic rings. The number of aryl methyl sites for hydroxylation is 1. The lowest BCUT2D eigenvalue weighted by Gasteiger charge is -2.08. The summed E-state index contributed by atoms with van der Waals surface area (Å²) in [5.41, 5.74) is 1.67. The summed E-state index contributed by atoms with van der Waals surface area (Å²) in [6.07, 6.45) is 10.7. The molecule has 5 heteroatoms. The number of aliphatic imine (C=N–C) groups is 2. The second kappa shape index (κ2) is 5.75. The van der Waals surface area contributed by atoms with Crippen molar-refractivity contribution in [1.29, 1.82) is 0 Å². The maximum absolute atomic E-state index is 4.60. The van der Waals surface area contributed by atoms with Gasteiger partial charge in [0.05, 0.1) is 11.9 Å². The molecule has 0 aromatic carbocycles. The van der Waals surface area contributed by atoms with Gasteiger partial charge >= 0.3 is 0 Å². The van der Waals surface area contributed by atoms with Gasteiger partial charge in [0.2, 0.25) is 0 Å². The molecule has 0 unspecified atom stereocenters. The molecule has 1 aliphatic heterocycles. The number of aromatic nitrogens is 3. The van der Waals surface area contributed by atoms with E-state index >= 15 is 0 Å². The first-order valence-electron chi connectivity index (χ1n) is 7.54. The SMILES string of the molecule is CCC[n+]1ccc(-c2cnc3c(n2)N=CC(C)(C)C=N3)cc1. The summed E-state index contributed by atoms with van der Waals surface area (Å²) in [5.74, 6) is 1.15. The molecule has 22 heavy (non-hydrogen) atoms. The second-order valence-corrected chi connectivity index (χ2v) is 6.06. The van der Waals surface area contributed by atoms with Crippen LogP contribution in [0.4, 0.5) is 11.6 Å². The monoisotopic (exact) mass is 294 g/mol. The predicted octanol–water partition coefficient (Wildman–Crippen LogP) is 3.29. The van der Waals surface area contributed by atoms with Crippen LogP contribution in [-0.4, -0.2) is 22.4 Å². The molecule has 0 amide bonds. The van der Waals surface area contributed by atoms with Gasteiger partial charge in [-0.1, -0.05) is 6.92 Å². The Hall–Kier alpha value is -2.43. The van der Waals surface area contributed by atoms with Gasteiger partial charge in [0, 0.05) is 42.0 Å². The molecule has 0 spiro atoms. The number of hydrogen-bond acceptors (Lipinski definition) is 4. The van der Waals surface area contributed by atoms with Crippen LogP contribution in [0.2, 0.25) is 0 Å². The summed E-state index contributed by atoms with van der Waals surface area (Å²) in [6, 6.07) is 4.11. The minimum atomic E-state index is -0.180. The number of rotatable bonds is 3. The molecule has 3 rings (SSSR count). The van der Waals surface area contributed by atoms with E-state index in [1.165, 1.54) is 0 Å². The molecular formula is C17H20N5+. The lowest BCUT2D eigenvalue weighted by molar-refractivity contribution is -0.696. The zero-order valence-electron chi connectivity index (χ0n) is 13.2. The highest BCUT2D eigenvalue weighted by atomic mass is 15.0. The van der Waals surface area contributed by atoms with Crippen molar-refractivity contribution >= 4 is 24.1 Å². The third-order valence-corrected chi connectivity index (χ3v) is 3.44. The summed E-state index contributed by atoms with van der Waals surface area (Å²) in [4.78, 5) is 17.8. The quantitative estimate of drug-likeness (QED) is 0.816. The second-order valence-electron chi connectivity index (χ2n) is 6.06. The van der Waals surface area contributed by atoms with E-state index in [4.69, 9.17) is 0 Å². The van der Waals surface area contributed by atoms with Crippen LogP contribution < -0.4 is 4.57 Å². The maximum Gasteiger partial charge on any atom is 0.198 e. The van der Waals surface area contributed by atoms with Gasteiger partial charge in [-0.2, -0.15) is 0 Å². The third-order valence-electron chi connectivity index (χ3n) is 3.44. The highest BCUT2D eigenvalue weighted by molar-refractivity contribution is 5.92. The van der Waals surface area contributed by atoms with E-state index in [2.05, 4.69) is 69.8 Å². The van der Waals surface area contributed by atoms with Crippen molar-refractivity contribution in [2.24, 2.45) is 15.4 Å². The Morgan fingerprint density at radius 3 is 2.41 bits per heavy atom. The molecule has 0 fully saturated rings. The van der Waals surface area contributed by atoms with Crippen molar-refractivity contribution in [1.82, 2.24) is 9.97 Å². The normalized spacial score (nSPS) is 15.4. The van der Waals surface area contributed by atoms with Gasteiger partial charge in [0.15, 0.2) is 24.0 Å². The highest BCUT2D eigenvalue weighted by Gasteiger charge is 2.17. The van der Waals surface area contributed by atoms with E-state index in [0.29, 0.717) is 11.6 Å². The Balaban J connectivity index is 1.94. The van der Waals surface area contributed by atoms with E-state index in [-0.39, 0.29) is 5.41 Å². The summed E-state index contributed by atoms with van der Waals surface area (Å²) in [7, 11) is 0. The molecule has 0 bridgehead atoms. The highest BCUT2D eigenvalue weighted by Crippen LogP contribution is 2.29. The van der Waals surface area contributed by atoms with E-state index in [1.807, 2.05) is 12.4 Å². The van der Waals surface area contributed by atoms with Crippen LogP contribution in [0.1, 0.15) is 27.2 Å². The molecule has 5 nitrogen and oxygen atoms in total. The molecule has 2 aromatic heterocycles. The van der Waals surface area contributed by atoms with Crippen molar-refractivity contribution in [2.75, 3.05) is 0 Å². The summed E-state index contributed by atoms with van der Waals surface area (Å²) < 4.78 is 2.16. The molecular weight excluding hydrogens is 274 g/mol. The molecule has 3 heterocycles. The molecule has 112 valence electrons. The van der Waals surface area contributed by atoms with E-state index in [9.17, 15) is 0 Å². The lowest BCUT2D eigenvalue weighted by Crippen LogP contribution is -2.31. The Kier molecular flexibility index (Phi) is 3.79. The van der Waals surface area contributed by atoms with E-state index in [1.54, 1.807) is 6.20 Å². The fourth-order valence-corrected chi connectivity index (χ4v) is 2.21. The Bertz CT molecular complexity index is 729. The van der Waals surface area contributed by atoms with Crippen molar-refractivity contribution in [3.05, 3.63) is 30.7 Å². The zero-order valence-corrected chi connectivity index (χ0v) is 13.2. The van der Waals surface area contributed by atoms with Crippen LogP contribution in [-0.2, 0) is 6.54 Å². The van der Waals surface area contributed by atoms with Crippen molar-refractivity contribution in [3.8, 4) is 11.3 Å². The first-order valence-corrected chi connectivity index (χ1v) is 7.54. The zero-order chi connectivity index (χ0) is 15.6. The molecule has 0 radical (unpaired) electrons. The van der Waals surface area contributed by atoms with Gasteiger partial charge in [-0.05, 0) is 13.8 Å². The van der Waals surface area contributed by atoms with Crippen LogP contribution in [0.25, 0.3) is 11.3 Å². The number of pyridine rings is 1. The van der Waals surface area contributed by atoms with Crippen LogP contribution >= 0.6 is 0 Å². The third kappa shape index (κ3) is 3.08. The molecule has 0 saturated carbocycles. The molecule has 0 atom stereocenters. The standard InChI is InChI=1S/C17H20N5/c1-4-7-22-8-5-13(6-9-22)14-10-18-15-16(21-14)20-12-17(2,3)11-19-15/h5-6,8-12H,4,7H2,1-3H3/q+1. The topological polar surface area (TPSA) is 54.4 Å². The molecule has 1 aliphatic rings. The number of hydrogen-bond donors (Lipinski definition) is 0. The predicted molar refractivity (Wildman–Crippen MR) is 88.0 cm³/mol. The van der Waals surface area contributed by atoms with Gasteiger partial charge in [-0.3, -0.25) is 0 Å². The smallest absolute Gasteiger partial charge is 0.198 e.